The second kappa shape index (κ2) is 3.81. The molecule has 0 aliphatic heterocycles. The third-order valence-electron chi connectivity index (χ3n) is 2.09. The minimum absolute atomic E-state index is 0.683. The Kier molecular flexibility index (Phi) is 2.51. The minimum atomic E-state index is 0.683. The number of aryl methyl sites for hydroxylation is 1. The number of pyridine rings is 1. The summed E-state index contributed by atoms with van der Waals surface area (Å²) in [5, 5.41) is 0.683. The van der Waals surface area contributed by atoms with Crippen molar-refractivity contribution in [1.29, 1.82) is 0 Å². The fourth-order valence-electron chi connectivity index (χ4n) is 1.44. The van der Waals surface area contributed by atoms with E-state index < -0.39 is 0 Å². The molecule has 1 nitrogen and oxygen atoms in total. The van der Waals surface area contributed by atoms with Crippen LogP contribution in [0, 0.1) is 6.92 Å². The SMILES string of the molecule is Cc1cc(Cl)cnc1-c1ccccc1. The summed E-state index contributed by atoms with van der Waals surface area (Å²) < 4.78 is 0. The van der Waals surface area contributed by atoms with E-state index in [-0.39, 0.29) is 0 Å². The van der Waals surface area contributed by atoms with Crippen LogP contribution in [-0.4, -0.2) is 4.98 Å². The highest BCUT2D eigenvalue weighted by Gasteiger charge is 2.02. The third kappa shape index (κ3) is 1.78. The van der Waals surface area contributed by atoms with Crippen molar-refractivity contribution in [2.75, 3.05) is 0 Å². The van der Waals surface area contributed by atoms with E-state index >= 15 is 0 Å². The average molecular weight is 204 g/mol. The van der Waals surface area contributed by atoms with Crippen LogP contribution in [0.1, 0.15) is 5.56 Å². The van der Waals surface area contributed by atoms with E-state index in [0.29, 0.717) is 5.02 Å². The molecule has 0 amide bonds. The molecular weight excluding hydrogens is 194 g/mol. The number of halogens is 1. The van der Waals surface area contributed by atoms with Gasteiger partial charge in [-0.15, -0.1) is 0 Å². The molecule has 0 aliphatic rings. The Morgan fingerprint density at radius 3 is 2.50 bits per heavy atom. The molecule has 0 N–H and O–H groups in total. The molecule has 0 saturated carbocycles. The van der Waals surface area contributed by atoms with E-state index in [1.165, 1.54) is 0 Å². The van der Waals surface area contributed by atoms with E-state index in [1.54, 1.807) is 6.20 Å². The van der Waals surface area contributed by atoms with E-state index in [1.807, 2.05) is 43.3 Å². The van der Waals surface area contributed by atoms with E-state index in [9.17, 15) is 0 Å². The van der Waals surface area contributed by atoms with E-state index in [0.717, 1.165) is 16.8 Å². The van der Waals surface area contributed by atoms with Gasteiger partial charge in [0, 0.05) is 11.8 Å². The van der Waals surface area contributed by atoms with Gasteiger partial charge in [-0.3, -0.25) is 4.98 Å². The first-order valence-corrected chi connectivity index (χ1v) is 4.83. The molecule has 0 atom stereocenters. The molecule has 0 bridgehead atoms. The molecular formula is C12H10ClN. The number of rotatable bonds is 1. The topological polar surface area (TPSA) is 12.9 Å². The number of hydrogen-bond acceptors (Lipinski definition) is 1. The zero-order chi connectivity index (χ0) is 9.97. The Morgan fingerprint density at radius 1 is 1.14 bits per heavy atom. The number of benzene rings is 1. The third-order valence-corrected chi connectivity index (χ3v) is 2.30. The summed E-state index contributed by atoms with van der Waals surface area (Å²) in [7, 11) is 0. The van der Waals surface area contributed by atoms with Gasteiger partial charge in [-0.25, -0.2) is 0 Å². The van der Waals surface area contributed by atoms with Crippen molar-refractivity contribution in [2.24, 2.45) is 0 Å². The summed E-state index contributed by atoms with van der Waals surface area (Å²) >= 11 is 5.84. The normalized spacial score (nSPS) is 10.1. The van der Waals surface area contributed by atoms with Crippen LogP contribution in [0.5, 0.6) is 0 Å². The lowest BCUT2D eigenvalue weighted by atomic mass is 10.1. The molecule has 1 aromatic carbocycles. The molecule has 0 fully saturated rings. The molecule has 2 aromatic rings. The first-order valence-electron chi connectivity index (χ1n) is 4.45. The molecule has 2 heteroatoms. The smallest absolute Gasteiger partial charge is 0.0732 e. The summed E-state index contributed by atoms with van der Waals surface area (Å²) in [6.07, 6.45) is 1.68. The average Bonchev–Trinajstić information content (AvgIpc) is 2.19. The highest BCUT2D eigenvalue weighted by Crippen LogP contribution is 2.22. The molecule has 1 heterocycles. The van der Waals surface area contributed by atoms with Gasteiger partial charge in [0.2, 0.25) is 0 Å². The Labute approximate surface area is 88.4 Å². The maximum Gasteiger partial charge on any atom is 0.0732 e. The molecule has 0 unspecified atom stereocenters. The van der Waals surface area contributed by atoms with Crippen molar-refractivity contribution in [2.45, 2.75) is 6.92 Å². The van der Waals surface area contributed by atoms with Gasteiger partial charge in [0.05, 0.1) is 10.7 Å². The van der Waals surface area contributed by atoms with Crippen LogP contribution in [0.15, 0.2) is 42.6 Å². The molecule has 2 rings (SSSR count). The maximum absolute atomic E-state index is 5.84. The molecule has 0 saturated heterocycles. The molecule has 0 spiro atoms. The predicted molar refractivity (Wildman–Crippen MR) is 59.4 cm³/mol. The first kappa shape index (κ1) is 9.22. The van der Waals surface area contributed by atoms with Crippen LogP contribution in [0.2, 0.25) is 5.02 Å². The Morgan fingerprint density at radius 2 is 1.86 bits per heavy atom. The Balaban J connectivity index is 2.53. The summed E-state index contributed by atoms with van der Waals surface area (Å²) in [6.45, 7) is 2.02. The first-order chi connectivity index (χ1) is 6.77. The Hall–Kier alpha value is -1.34. The van der Waals surface area contributed by atoms with Crippen molar-refractivity contribution in [3.63, 3.8) is 0 Å². The van der Waals surface area contributed by atoms with Crippen LogP contribution < -0.4 is 0 Å². The van der Waals surface area contributed by atoms with Crippen molar-refractivity contribution in [1.82, 2.24) is 4.98 Å². The molecule has 0 aliphatic carbocycles. The van der Waals surface area contributed by atoms with Gasteiger partial charge in [0.25, 0.3) is 0 Å². The zero-order valence-corrected chi connectivity index (χ0v) is 8.62. The second-order valence-corrected chi connectivity index (χ2v) is 3.62. The lowest BCUT2D eigenvalue weighted by Crippen LogP contribution is -1.87. The molecule has 70 valence electrons. The number of hydrogen-bond donors (Lipinski definition) is 0. The predicted octanol–water partition coefficient (Wildman–Crippen LogP) is 3.71. The lowest BCUT2D eigenvalue weighted by molar-refractivity contribution is 1.27. The van der Waals surface area contributed by atoms with Crippen LogP contribution in [0.4, 0.5) is 0 Å². The number of nitrogens with zero attached hydrogens (tertiary/aromatic N) is 1. The van der Waals surface area contributed by atoms with Crippen molar-refractivity contribution in [3.8, 4) is 11.3 Å². The molecule has 0 radical (unpaired) electrons. The molecule has 1 aromatic heterocycles. The molecule has 14 heavy (non-hydrogen) atoms. The highest BCUT2D eigenvalue weighted by molar-refractivity contribution is 6.30. The van der Waals surface area contributed by atoms with Gasteiger partial charge in [-0.2, -0.15) is 0 Å². The van der Waals surface area contributed by atoms with Crippen LogP contribution in [0.25, 0.3) is 11.3 Å². The van der Waals surface area contributed by atoms with Gasteiger partial charge in [0.1, 0.15) is 0 Å². The highest BCUT2D eigenvalue weighted by atomic mass is 35.5. The quantitative estimate of drug-likeness (QED) is 0.689. The van der Waals surface area contributed by atoms with Gasteiger partial charge in [0.15, 0.2) is 0 Å². The fourth-order valence-corrected chi connectivity index (χ4v) is 1.65. The number of aromatic nitrogens is 1. The standard InChI is InChI=1S/C12H10ClN/c1-9-7-11(13)8-14-12(9)10-5-3-2-4-6-10/h2-8H,1H3. The second-order valence-electron chi connectivity index (χ2n) is 3.19. The Bertz CT molecular complexity index is 437. The lowest BCUT2D eigenvalue weighted by Gasteiger charge is -2.04. The van der Waals surface area contributed by atoms with Crippen molar-refractivity contribution < 1.29 is 0 Å². The van der Waals surface area contributed by atoms with Gasteiger partial charge in [-0.1, -0.05) is 41.9 Å². The van der Waals surface area contributed by atoms with Crippen molar-refractivity contribution in [3.05, 3.63) is 53.2 Å². The van der Waals surface area contributed by atoms with Crippen LogP contribution in [0.3, 0.4) is 0 Å². The summed E-state index contributed by atoms with van der Waals surface area (Å²) in [5.41, 5.74) is 3.22. The van der Waals surface area contributed by atoms with Gasteiger partial charge < -0.3 is 0 Å². The minimum Gasteiger partial charge on any atom is -0.254 e. The summed E-state index contributed by atoms with van der Waals surface area (Å²) in [5.74, 6) is 0. The summed E-state index contributed by atoms with van der Waals surface area (Å²) in [4.78, 5) is 4.32. The van der Waals surface area contributed by atoms with Gasteiger partial charge >= 0.3 is 0 Å². The monoisotopic (exact) mass is 203 g/mol. The van der Waals surface area contributed by atoms with E-state index in [4.69, 9.17) is 11.6 Å². The fraction of sp³-hybridized carbons (Fsp3) is 0.0833. The van der Waals surface area contributed by atoms with E-state index in [2.05, 4.69) is 4.98 Å². The maximum atomic E-state index is 5.84. The van der Waals surface area contributed by atoms with Crippen LogP contribution in [-0.2, 0) is 0 Å². The summed E-state index contributed by atoms with van der Waals surface area (Å²) in [6, 6.07) is 12.0. The van der Waals surface area contributed by atoms with Gasteiger partial charge in [-0.05, 0) is 18.6 Å². The van der Waals surface area contributed by atoms with Crippen LogP contribution >= 0.6 is 11.6 Å². The van der Waals surface area contributed by atoms with Crippen molar-refractivity contribution >= 4 is 11.6 Å². The zero-order valence-electron chi connectivity index (χ0n) is 7.87. The largest absolute Gasteiger partial charge is 0.254 e.